The molecule has 12 rings (SSSR count). The Morgan fingerprint density at radius 1 is 0.239 bits per heavy atom. The van der Waals surface area contributed by atoms with Crippen molar-refractivity contribution in [3.05, 3.63) is 24.8 Å². The van der Waals surface area contributed by atoms with Crippen LogP contribution >= 0.6 is 0 Å². The molecule has 12 saturated heterocycles. The van der Waals surface area contributed by atoms with Gasteiger partial charge in [-0.05, 0) is 103 Å². The molecular formula is C69H146O28Si16. The molecule has 0 N–H and O–H groups in total. The maximum Gasteiger partial charge on any atom is 0.479 e. The normalized spacial score (nSPS) is 39.3. The van der Waals surface area contributed by atoms with E-state index in [-0.39, 0.29) is 108 Å². The summed E-state index contributed by atoms with van der Waals surface area (Å²) in [5.74, 6) is 0.206. The minimum atomic E-state index is -4.10. The van der Waals surface area contributed by atoms with Gasteiger partial charge < -0.3 is 108 Å². The minimum absolute atomic E-state index is 0.0679. The molecular weight excluding hydrogens is 1730 g/mol. The number of hydrogen-bond donors (Lipinski definition) is 0. The summed E-state index contributed by atoms with van der Waals surface area (Å²) in [5.41, 5.74) is 0.325. The molecule has 0 aromatic heterocycles. The quantitative estimate of drug-likeness (QED) is 0.0240. The molecule has 0 atom stereocenters. The van der Waals surface area contributed by atoms with Crippen LogP contribution < -0.4 is 0 Å². The van der Waals surface area contributed by atoms with Gasteiger partial charge in [0.2, 0.25) is 0 Å². The molecule has 0 radical (unpaired) electrons. The molecule has 0 aromatic rings. The van der Waals surface area contributed by atoms with Crippen molar-refractivity contribution < 1.29 is 118 Å². The number of carbonyl (C=O) groups excluding carboxylic acids is 2. The van der Waals surface area contributed by atoms with Crippen molar-refractivity contribution in [3.63, 3.8) is 0 Å². The second kappa shape index (κ2) is 37.2. The summed E-state index contributed by atoms with van der Waals surface area (Å²) in [6.45, 7) is 69.0. The van der Waals surface area contributed by atoms with E-state index >= 15 is 0 Å². The Balaban J connectivity index is 0.000000259. The summed E-state index contributed by atoms with van der Waals surface area (Å²) in [6, 6.07) is 6.64. The van der Waals surface area contributed by atoms with E-state index in [4.69, 9.17) is 108 Å². The number of esters is 2. The fourth-order valence-corrected chi connectivity index (χ4v) is 120. The third kappa shape index (κ3) is 24.8. The molecule has 0 saturated carbocycles. The predicted molar refractivity (Wildman–Crippen MR) is 459 cm³/mol. The Kier molecular flexibility index (Phi) is 32.2. The first-order valence-electron chi connectivity index (χ1n) is 42.5. The second-order valence-corrected chi connectivity index (χ2v) is 87.4. The van der Waals surface area contributed by atoms with Gasteiger partial charge in [0.1, 0.15) is 0 Å². The van der Waals surface area contributed by atoms with Crippen LogP contribution in [-0.4, -0.2) is 166 Å². The van der Waals surface area contributed by atoms with Crippen LogP contribution in [-0.2, 0) is 118 Å². The summed E-state index contributed by atoms with van der Waals surface area (Å²) in [5, 5.41) is 0. The Bertz CT molecular complexity index is 2930. The zero-order valence-corrected chi connectivity index (χ0v) is 90.1. The highest BCUT2D eigenvalue weighted by atomic mass is 28.6. The molecule has 44 heteroatoms. The lowest BCUT2D eigenvalue weighted by atomic mass is 10.3. The van der Waals surface area contributed by atoms with Gasteiger partial charge in [0.05, 0.1) is 13.2 Å². The summed E-state index contributed by atoms with van der Waals surface area (Å²) >= 11 is 0. The van der Waals surface area contributed by atoms with Crippen molar-refractivity contribution in [3.8, 4) is 0 Å². The van der Waals surface area contributed by atoms with Crippen LogP contribution in [0, 0.1) is 82.9 Å². The average molecular weight is 1870 g/mol. The van der Waals surface area contributed by atoms with Crippen LogP contribution in [0.15, 0.2) is 24.8 Å². The van der Waals surface area contributed by atoms with Gasteiger partial charge in [-0.15, -0.1) is 0 Å². The highest BCUT2D eigenvalue weighted by Gasteiger charge is 2.86. The van der Waals surface area contributed by atoms with Crippen molar-refractivity contribution in [2.45, 2.75) is 310 Å². The SMILES string of the molecule is C=C(C)C(=O)OCCC[Si]12O[Si]3(CC(C)C)O[Si]4(CC(C)C)O[Si](CC(C)C)(O1)O[Si]1(CC(C)C)O[Si](CC(C)C)(O2)O[Si](CC(C)C)(O3)O[Si](CC(C)C)(O4)O1.C=CC(=O)OCCC[Si]12O[Si]3(CC(C)C)O[Si]4(CC(C)C)O[Si](CC(C)C)(O1)O[Si]1(CC(C)C)O[Si](CC(C)C)(O2)O[Si](CC(C)C)(O3)O[Si](CC(C)C)(O4)O1. The zero-order chi connectivity index (χ0) is 84.0. The van der Waals surface area contributed by atoms with Crippen LogP contribution in [0.25, 0.3) is 0 Å². The van der Waals surface area contributed by atoms with Crippen LogP contribution in [0.5, 0.6) is 0 Å². The van der Waals surface area contributed by atoms with Crippen molar-refractivity contribution in [1.82, 2.24) is 0 Å². The molecule has 0 spiro atoms. The molecule has 654 valence electrons. The van der Waals surface area contributed by atoms with Gasteiger partial charge in [-0.1, -0.05) is 207 Å². The van der Waals surface area contributed by atoms with Crippen molar-refractivity contribution >= 4 is 153 Å². The third-order valence-electron chi connectivity index (χ3n) is 18.9. The van der Waals surface area contributed by atoms with Crippen LogP contribution in [0.1, 0.15) is 214 Å². The van der Waals surface area contributed by atoms with Crippen LogP contribution in [0.2, 0.25) is 96.7 Å². The first kappa shape index (κ1) is 97.7. The molecule has 0 aliphatic carbocycles. The molecule has 0 unspecified atom stereocenters. The number of ether oxygens (including phenoxy) is 2. The molecule has 0 amide bonds. The largest absolute Gasteiger partial charge is 0.479 e. The Labute approximate surface area is 696 Å². The van der Waals surface area contributed by atoms with E-state index < -0.39 is 153 Å². The van der Waals surface area contributed by atoms with Crippen molar-refractivity contribution in [2.24, 2.45) is 82.9 Å². The maximum absolute atomic E-state index is 12.6. The van der Waals surface area contributed by atoms with E-state index in [1.807, 2.05) is 0 Å². The van der Waals surface area contributed by atoms with E-state index in [0.29, 0.717) is 103 Å². The molecule has 12 fully saturated rings. The molecule has 12 heterocycles. The van der Waals surface area contributed by atoms with Crippen molar-refractivity contribution in [1.29, 1.82) is 0 Å². The molecule has 113 heavy (non-hydrogen) atoms. The Hall–Kier alpha value is 0.930. The topological polar surface area (TPSA) is 274 Å². The highest BCUT2D eigenvalue weighted by molar-refractivity contribution is 7.05. The molecule has 28 nitrogen and oxygen atoms in total. The Morgan fingerprint density at radius 3 is 0.478 bits per heavy atom. The molecule has 16 bridgehead atoms. The number of carbonyl (C=O) groups is 2. The van der Waals surface area contributed by atoms with E-state index in [9.17, 15) is 9.59 Å². The fraction of sp³-hybridized carbons (Fsp3) is 0.913. The van der Waals surface area contributed by atoms with Gasteiger partial charge in [-0.2, -0.15) is 0 Å². The molecule has 12 aliphatic heterocycles. The standard InChI is InChI=1S/C35H74O14Si8.C34H72O14Si8/c1-27(2)20-51-38-50(19-17-18-37-35(36)34(15)16)39-52(21-28(3)4)43-54(41-51,23-30(7)8)47-57(26-33(13)14)48-55(42-51,24-31(9)10)44-53(40-50,22-29(5)6)46-56(45-52,49-57)25-32(11)12;1-16-34(35)36-18-17-19-49-37-50(20-27(2)3)40-53(23-30(8)9)42-51(38-49,21-28(4)5)44-55(25-32(12)13)45-52(39-49,22-29(6)7)43-54(41-50,24-31(10)11)47-56(46-53,48-55)26-33(14)15/h27-33H,15,17-26H2,1-14,16H3;16,27-33H,1,17-26H2,2-15H3. The van der Waals surface area contributed by atoms with E-state index in [1.165, 1.54) is 0 Å². The van der Waals surface area contributed by atoms with Crippen LogP contribution in [0.3, 0.4) is 0 Å². The Morgan fingerprint density at radius 2 is 0.363 bits per heavy atom. The van der Waals surface area contributed by atoms with Crippen molar-refractivity contribution in [2.75, 3.05) is 13.2 Å². The van der Waals surface area contributed by atoms with Gasteiger partial charge in [0, 0.05) is 108 Å². The summed E-state index contributed by atoms with van der Waals surface area (Å²) < 4.78 is 197. The summed E-state index contributed by atoms with van der Waals surface area (Å²) in [4.78, 5) is 24.8. The zero-order valence-electron chi connectivity index (χ0n) is 74.1. The maximum atomic E-state index is 12.6. The van der Waals surface area contributed by atoms with Gasteiger partial charge in [0.25, 0.3) is 0 Å². The number of rotatable bonds is 38. The first-order chi connectivity index (χ1) is 52.1. The second-order valence-electron chi connectivity index (χ2n) is 39.2. The van der Waals surface area contributed by atoms with E-state index in [0.717, 1.165) is 6.08 Å². The lowest BCUT2D eigenvalue weighted by molar-refractivity contribution is -0.139. The summed E-state index contributed by atoms with van der Waals surface area (Å²) in [6.07, 6.45) is 1.88. The van der Waals surface area contributed by atoms with Gasteiger partial charge in [0.15, 0.2) is 0 Å². The predicted octanol–water partition coefficient (Wildman–Crippen LogP) is 17.3. The average Bonchev–Trinajstić information content (AvgIpc) is 0.690. The monoisotopic (exact) mass is 1870 g/mol. The van der Waals surface area contributed by atoms with Gasteiger partial charge in [-0.3, -0.25) is 0 Å². The lowest BCUT2D eigenvalue weighted by Crippen LogP contribution is -2.88. The molecule has 12 aliphatic rings. The fourth-order valence-electron chi connectivity index (χ4n) is 16.8. The molecule has 0 aromatic carbocycles. The summed E-state index contributed by atoms with van der Waals surface area (Å²) in [7, 11) is -63.8. The van der Waals surface area contributed by atoms with Gasteiger partial charge >= 0.3 is 153 Å². The van der Waals surface area contributed by atoms with Gasteiger partial charge in [-0.25, -0.2) is 9.59 Å². The first-order valence-corrected chi connectivity index (χ1v) is 73.4. The smallest absolute Gasteiger partial charge is 0.463 e. The highest BCUT2D eigenvalue weighted by Crippen LogP contribution is 2.60. The van der Waals surface area contributed by atoms with Crippen LogP contribution in [0.4, 0.5) is 0 Å². The van der Waals surface area contributed by atoms with E-state index in [2.05, 4.69) is 207 Å². The lowest BCUT2D eigenvalue weighted by Gasteiger charge is -2.64. The third-order valence-corrected chi connectivity index (χ3v) is 99.0. The number of hydrogen-bond acceptors (Lipinski definition) is 28. The van der Waals surface area contributed by atoms with E-state index in [1.54, 1.807) is 6.92 Å². The minimum Gasteiger partial charge on any atom is -0.463 e.